The fraction of sp³-hybridized carbons (Fsp3) is 0.467. The van der Waals surface area contributed by atoms with Gasteiger partial charge < -0.3 is 10.2 Å². The number of carboxylic acid groups (broad SMARTS) is 1. The molecule has 0 radical (unpaired) electrons. The molecule has 0 saturated heterocycles. The molecule has 1 atom stereocenters. The number of carboxylic acids is 1. The van der Waals surface area contributed by atoms with Crippen LogP contribution in [0.25, 0.3) is 0 Å². The summed E-state index contributed by atoms with van der Waals surface area (Å²) in [6, 6.07) is 0. The Morgan fingerprint density at radius 3 is 2.45 bits per heavy atom. The van der Waals surface area contributed by atoms with Gasteiger partial charge in [0.2, 0.25) is 5.83 Å². The van der Waals surface area contributed by atoms with E-state index < -0.39 is 22.8 Å². The number of hydrogen-bond acceptors (Lipinski definition) is 3. The molecule has 0 heterocycles. The van der Waals surface area contributed by atoms with Crippen LogP contribution in [-0.4, -0.2) is 27.6 Å². The Balaban J connectivity index is 3.23. The van der Waals surface area contributed by atoms with Gasteiger partial charge in [-0.3, -0.25) is 4.79 Å². The van der Waals surface area contributed by atoms with Crippen molar-refractivity contribution in [2.75, 3.05) is 0 Å². The molecule has 0 amide bonds. The molecule has 0 aromatic carbocycles. The van der Waals surface area contributed by atoms with Crippen LogP contribution >= 0.6 is 0 Å². The maximum atomic E-state index is 13.2. The van der Waals surface area contributed by atoms with Gasteiger partial charge in [0.25, 0.3) is 0 Å². The molecule has 0 fully saturated rings. The number of aliphatic carboxylic acids is 1. The minimum atomic E-state index is -1.65. The first kappa shape index (κ1) is 16.3. The highest BCUT2D eigenvalue weighted by Crippen LogP contribution is 2.44. The summed E-state index contributed by atoms with van der Waals surface area (Å²) < 4.78 is 13.2. The van der Waals surface area contributed by atoms with Gasteiger partial charge in [-0.25, -0.2) is 4.79 Å². The number of aliphatic hydroxyl groups is 1. The second kappa shape index (κ2) is 5.32. The van der Waals surface area contributed by atoms with E-state index in [1.807, 2.05) is 0 Å². The van der Waals surface area contributed by atoms with Crippen molar-refractivity contribution in [1.29, 1.82) is 0 Å². The summed E-state index contributed by atoms with van der Waals surface area (Å²) in [7, 11) is 0. The number of carbonyl (C=O) groups excluding carboxylic acids is 1. The molecule has 5 heteroatoms. The Labute approximate surface area is 117 Å². The summed E-state index contributed by atoms with van der Waals surface area (Å²) in [5.41, 5.74) is -1.80. The molecule has 0 aromatic rings. The van der Waals surface area contributed by atoms with Gasteiger partial charge in [-0.05, 0) is 37.1 Å². The first-order valence-electron chi connectivity index (χ1n) is 6.24. The molecule has 0 saturated carbocycles. The molecule has 20 heavy (non-hydrogen) atoms. The highest BCUT2D eigenvalue weighted by Gasteiger charge is 2.46. The minimum Gasteiger partial charge on any atom is -0.476 e. The third-order valence-corrected chi connectivity index (χ3v) is 3.74. The Morgan fingerprint density at radius 2 is 2.00 bits per heavy atom. The van der Waals surface area contributed by atoms with Gasteiger partial charge in [-0.2, -0.15) is 4.39 Å². The number of halogens is 1. The van der Waals surface area contributed by atoms with Crippen LogP contribution in [0.5, 0.6) is 0 Å². The van der Waals surface area contributed by atoms with Crippen LogP contribution in [0.1, 0.15) is 34.1 Å². The van der Waals surface area contributed by atoms with Crippen LogP contribution in [0.3, 0.4) is 0 Å². The van der Waals surface area contributed by atoms with Gasteiger partial charge in [0, 0.05) is 11.8 Å². The van der Waals surface area contributed by atoms with Crippen molar-refractivity contribution >= 4 is 11.8 Å². The summed E-state index contributed by atoms with van der Waals surface area (Å²) in [5, 5.41) is 19.3. The summed E-state index contributed by atoms with van der Waals surface area (Å²) in [6.45, 7) is 6.40. The number of ketones is 1. The van der Waals surface area contributed by atoms with Crippen molar-refractivity contribution in [2.45, 2.75) is 39.7 Å². The average molecular weight is 282 g/mol. The quantitative estimate of drug-likeness (QED) is 0.616. The molecule has 0 aliphatic heterocycles. The Bertz CT molecular complexity index is 540. The van der Waals surface area contributed by atoms with Crippen LogP contribution in [0.4, 0.5) is 4.39 Å². The molecule has 0 bridgehead atoms. The van der Waals surface area contributed by atoms with Crippen LogP contribution in [0, 0.1) is 5.41 Å². The molecular weight excluding hydrogens is 263 g/mol. The molecule has 4 nitrogen and oxygen atoms in total. The Morgan fingerprint density at radius 1 is 1.45 bits per heavy atom. The van der Waals surface area contributed by atoms with Crippen molar-refractivity contribution < 1.29 is 24.2 Å². The lowest BCUT2D eigenvalue weighted by molar-refractivity contribution is -0.134. The largest absolute Gasteiger partial charge is 0.476 e. The van der Waals surface area contributed by atoms with E-state index in [2.05, 4.69) is 0 Å². The van der Waals surface area contributed by atoms with E-state index in [1.165, 1.54) is 25.2 Å². The van der Waals surface area contributed by atoms with Crippen molar-refractivity contribution in [3.8, 4) is 0 Å². The van der Waals surface area contributed by atoms with Crippen LogP contribution < -0.4 is 0 Å². The van der Waals surface area contributed by atoms with Gasteiger partial charge in [0.1, 0.15) is 5.60 Å². The standard InChI is InChI=1S/C15H19FO4/c1-9(12(16)13(18)19)5-6-15(20)10(2)7-11(17)8-14(15,3)4/h5-7,20H,8H2,1-4H3,(H,18,19). The van der Waals surface area contributed by atoms with Gasteiger partial charge in [0.05, 0.1) is 0 Å². The fourth-order valence-electron chi connectivity index (χ4n) is 2.35. The summed E-state index contributed by atoms with van der Waals surface area (Å²) in [5.74, 6) is -2.99. The average Bonchev–Trinajstić information content (AvgIpc) is 2.31. The SMILES string of the molecule is CC1=CC(=O)CC(C)(C)C1(O)C=CC(C)=C(F)C(=O)O. The summed E-state index contributed by atoms with van der Waals surface area (Å²) >= 11 is 0. The number of hydrogen-bond donors (Lipinski definition) is 2. The predicted octanol–water partition coefficient (Wildman–Crippen LogP) is 2.55. The first-order valence-corrected chi connectivity index (χ1v) is 6.24. The molecule has 110 valence electrons. The number of allylic oxidation sites excluding steroid dienone is 3. The van der Waals surface area contributed by atoms with Crippen molar-refractivity contribution in [3.05, 3.63) is 35.2 Å². The number of rotatable bonds is 3. The Hall–Kier alpha value is -1.75. The van der Waals surface area contributed by atoms with Gasteiger partial charge in [-0.15, -0.1) is 0 Å². The first-order chi connectivity index (χ1) is 9.01. The third-order valence-electron chi connectivity index (χ3n) is 3.74. The lowest BCUT2D eigenvalue weighted by atomic mass is 9.64. The van der Waals surface area contributed by atoms with Crippen LogP contribution in [-0.2, 0) is 9.59 Å². The molecular formula is C15H19FO4. The Kier molecular flexibility index (Phi) is 4.34. The summed E-state index contributed by atoms with van der Waals surface area (Å²) in [6.07, 6.45) is 4.11. The lowest BCUT2D eigenvalue weighted by Gasteiger charge is -2.43. The zero-order chi connectivity index (χ0) is 15.7. The van der Waals surface area contributed by atoms with Crippen LogP contribution in [0.15, 0.2) is 35.2 Å². The summed E-state index contributed by atoms with van der Waals surface area (Å²) in [4.78, 5) is 22.1. The van der Waals surface area contributed by atoms with Crippen molar-refractivity contribution in [3.63, 3.8) is 0 Å². The maximum absolute atomic E-state index is 13.2. The van der Waals surface area contributed by atoms with E-state index in [1.54, 1.807) is 20.8 Å². The highest BCUT2D eigenvalue weighted by atomic mass is 19.1. The van der Waals surface area contributed by atoms with E-state index in [9.17, 15) is 19.1 Å². The van der Waals surface area contributed by atoms with E-state index >= 15 is 0 Å². The normalized spacial score (nSPS) is 27.3. The van der Waals surface area contributed by atoms with E-state index in [0.29, 0.717) is 5.57 Å². The van der Waals surface area contributed by atoms with Gasteiger partial charge >= 0.3 is 5.97 Å². The minimum absolute atomic E-state index is 0.0745. The molecule has 0 aromatic heterocycles. The van der Waals surface area contributed by atoms with E-state index in [4.69, 9.17) is 5.11 Å². The second-order valence-corrected chi connectivity index (χ2v) is 5.76. The van der Waals surface area contributed by atoms with Crippen molar-refractivity contribution in [1.82, 2.24) is 0 Å². The zero-order valence-corrected chi connectivity index (χ0v) is 12.0. The van der Waals surface area contributed by atoms with Crippen molar-refractivity contribution in [2.24, 2.45) is 5.41 Å². The number of carbonyl (C=O) groups is 2. The molecule has 1 aliphatic rings. The fourth-order valence-corrected chi connectivity index (χ4v) is 2.35. The molecule has 0 spiro atoms. The smallest absolute Gasteiger partial charge is 0.365 e. The van der Waals surface area contributed by atoms with E-state index in [-0.39, 0.29) is 17.8 Å². The van der Waals surface area contributed by atoms with Gasteiger partial charge in [0.15, 0.2) is 5.78 Å². The monoisotopic (exact) mass is 282 g/mol. The molecule has 1 rings (SSSR count). The van der Waals surface area contributed by atoms with E-state index in [0.717, 1.165) is 0 Å². The molecule has 1 unspecified atom stereocenters. The van der Waals surface area contributed by atoms with Crippen LogP contribution in [0.2, 0.25) is 0 Å². The third kappa shape index (κ3) is 2.88. The predicted molar refractivity (Wildman–Crippen MR) is 72.7 cm³/mol. The highest BCUT2D eigenvalue weighted by molar-refractivity contribution is 5.92. The molecule has 1 aliphatic carbocycles. The maximum Gasteiger partial charge on any atom is 0.365 e. The topological polar surface area (TPSA) is 74.6 Å². The molecule has 2 N–H and O–H groups in total. The lowest BCUT2D eigenvalue weighted by Crippen LogP contribution is -2.48. The zero-order valence-electron chi connectivity index (χ0n) is 12.0. The second-order valence-electron chi connectivity index (χ2n) is 5.76. The van der Waals surface area contributed by atoms with Gasteiger partial charge in [-0.1, -0.05) is 19.9 Å².